The van der Waals surface area contributed by atoms with E-state index in [1.807, 2.05) is 0 Å². The molecule has 0 unspecified atom stereocenters. The third-order valence-corrected chi connectivity index (χ3v) is 3.30. The molecule has 2 rings (SSSR count). The van der Waals surface area contributed by atoms with Crippen LogP contribution in [0.25, 0.3) is 0 Å². The topological polar surface area (TPSA) is 38.3 Å². The number of methoxy groups -OCH3 is 1. The first-order valence-electron chi connectivity index (χ1n) is 6.79. The predicted molar refractivity (Wildman–Crippen MR) is 75.3 cm³/mol. The number of nitrogens with one attached hydrogen (secondary N) is 1. The summed E-state index contributed by atoms with van der Waals surface area (Å²) < 4.78 is 71.0. The second kappa shape index (κ2) is 7.29. The lowest BCUT2D eigenvalue weighted by Crippen LogP contribution is -2.28. The first-order chi connectivity index (χ1) is 11.4. The largest absolute Gasteiger partial charge is 0.497 e. The summed E-state index contributed by atoms with van der Waals surface area (Å²) in [4.78, 5) is 11.7. The number of carbonyl (C=O) groups is 1. The first-order valence-corrected chi connectivity index (χ1v) is 6.79. The lowest BCUT2D eigenvalue weighted by molar-refractivity contribution is 0.0942. The summed E-state index contributed by atoms with van der Waals surface area (Å²) in [5.74, 6) is -11.7. The fraction of sp³-hybridized carbons (Fsp3) is 0.188. The van der Waals surface area contributed by atoms with Gasteiger partial charge in [-0.2, -0.15) is 0 Å². The molecule has 128 valence electrons. The van der Waals surface area contributed by atoms with Crippen LogP contribution in [-0.2, 0) is 6.42 Å². The second-order valence-corrected chi connectivity index (χ2v) is 4.80. The molecule has 0 aliphatic heterocycles. The molecule has 0 atom stereocenters. The van der Waals surface area contributed by atoms with Crippen LogP contribution in [0.2, 0.25) is 0 Å². The van der Waals surface area contributed by atoms with Gasteiger partial charge in [-0.15, -0.1) is 0 Å². The molecule has 0 saturated heterocycles. The Morgan fingerprint density at radius 2 is 1.42 bits per heavy atom. The highest BCUT2D eigenvalue weighted by atomic mass is 19.2. The Morgan fingerprint density at radius 1 is 0.917 bits per heavy atom. The van der Waals surface area contributed by atoms with Crippen LogP contribution in [0.3, 0.4) is 0 Å². The van der Waals surface area contributed by atoms with Crippen LogP contribution in [0.15, 0.2) is 24.3 Å². The van der Waals surface area contributed by atoms with Crippen molar-refractivity contribution in [3.8, 4) is 5.75 Å². The molecule has 0 aliphatic rings. The van der Waals surface area contributed by atoms with E-state index >= 15 is 0 Å². The van der Waals surface area contributed by atoms with Crippen molar-refractivity contribution in [1.82, 2.24) is 5.32 Å². The Hall–Kier alpha value is -2.64. The fourth-order valence-corrected chi connectivity index (χ4v) is 2.01. The standard InChI is InChI=1S/C16H12F5NO2/c1-24-9-4-2-8(3-5-9)6-7-22-16(23)10-11(17)13(19)15(21)14(20)12(10)18/h2-5H,6-7H2,1H3,(H,22,23). The number of amides is 1. The summed E-state index contributed by atoms with van der Waals surface area (Å²) in [6.07, 6.45) is 0.297. The van der Waals surface area contributed by atoms with Gasteiger partial charge in [-0.3, -0.25) is 4.79 Å². The summed E-state index contributed by atoms with van der Waals surface area (Å²) in [6.45, 7) is -0.0509. The summed E-state index contributed by atoms with van der Waals surface area (Å²) in [6, 6.07) is 6.79. The van der Waals surface area contributed by atoms with Crippen molar-refractivity contribution in [3.05, 3.63) is 64.5 Å². The van der Waals surface area contributed by atoms with Crippen molar-refractivity contribution in [3.63, 3.8) is 0 Å². The Kier molecular flexibility index (Phi) is 5.38. The van der Waals surface area contributed by atoms with Crippen LogP contribution >= 0.6 is 0 Å². The third-order valence-electron chi connectivity index (χ3n) is 3.30. The number of benzene rings is 2. The molecule has 2 aromatic carbocycles. The highest BCUT2D eigenvalue weighted by Crippen LogP contribution is 2.22. The van der Waals surface area contributed by atoms with Crippen LogP contribution in [-0.4, -0.2) is 19.6 Å². The van der Waals surface area contributed by atoms with Crippen molar-refractivity contribution in [2.75, 3.05) is 13.7 Å². The Bertz CT molecular complexity index is 733. The van der Waals surface area contributed by atoms with Crippen molar-refractivity contribution in [2.45, 2.75) is 6.42 Å². The average Bonchev–Trinajstić information content (AvgIpc) is 2.59. The molecule has 24 heavy (non-hydrogen) atoms. The van der Waals surface area contributed by atoms with E-state index in [1.165, 1.54) is 7.11 Å². The molecule has 1 amide bonds. The van der Waals surface area contributed by atoms with Gasteiger partial charge in [-0.1, -0.05) is 12.1 Å². The number of carbonyl (C=O) groups excluding carboxylic acids is 1. The highest BCUT2D eigenvalue weighted by Gasteiger charge is 2.29. The second-order valence-electron chi connectivity index (χ2n) is 4.80. The van der Waals surface area contributed by atoms with Gasteiger partial charge >= 0.3 is 0 Å². The van der Waals surface area contributed by atoms with Gasteiger partial charge in [0.15, 0.2) is 23.3 Å². The minimum Gasteiger partial charge on any atom is -0.497 e. The quantitative estimate of drug-likeness (QED) is 0.513. The molecule has 3 nitrogen and oxygen atoms in total. The monoisotopic (exact) mass is 345 g/mol. The average molecular weight is 345 g/mol. The molecule has 0 bridgehead atoms. The van der Waals surface area contributed by atoms with Crippen LogP contribution in [0, 0.1) is 29.1 Å². The molecule has 1 N–H and O–H groups in total. The number of hydrogen-bond acceptors (Lipinski definition) is 2. The molecule has 2 aromatic rings. The maximum absolute atomic E-state index is 13.5. The van der Waals surface area contributed by atoms with E-state index in [0.29, 0.717) is 12.2 Å². The van der Waals surface area contributed by atoms with E-state index in [1.54, 1.807) is 24.3 Å². The summed E-state index contributed by atoms with van der Waals surface area (Å²) >= 11 is 0. The van der Waals surface area contributed by atoms with Crippen molar-refractivity contribution in [1.29, 1.82) is 0 Å². The number of rotatable bonds is 5. The molecule has 0 aliphatic carbocycles. The zero-order chi connectivity index (χ0) is 17.9. The van der Waals surface area contributed by atoms with Gasteiger partial charge < -0.3 is 10.1 Å². The summed E-state index contributed by atoms with van der Waals surface area (Å²) in [5.41, 5.74) is -0.713. The predicted octanol–water partition coefficient (Wildman–Crippen LogP) is 3.36. The number of ether oxygens (including phenoxy) is 1. The minimum absolute atomic E-state index is 0.0509. The summed E-state index contributed by atoms with van der Waals surface area (Å²) in [7, 11) is 1.50. The molecular formula is C16H12F5NO2. The molecule has 0 saturated carbocycles. The van der Waals surface area contributed by atoms with Gasteiger partial charge in [0.1, 0.15) is 11.3 Å². The van der Waals surface area contributed by atoms with Gasteiger partial charge in [0.25, 0.3) is 5.91 Å². The van der Waals surface area contributed by atoms with E-state index in [9.17, 15) is 26.7 Å². The molecule has 0 heterocycles. The fourth-order valence-electron chi connectivity index (χ4n) is 2.01. The van der Waals surface area contributed by atoms with Crippen LogP contribution < -0.4 is 10.1 Å². The van der Waals surface area contributed by atoms with Gasteiger partial charge in [0, 0.05) is 6.54 Å². The van der Waals surface area contributed by atoms with Gasteiger partial charge in [-0.05, 0) is 24.1 Å². The smallest absolute Gasteiger partial charge is 0.257 e. The van der Waals surface area contributed by atoms with E-state index in [0.717, 1.165) is 5.56 Å². The lowest BCUT2D eigenvalue weighted by atomic mass is 10.1. The van der Waals surface area contributed by atoms with Crippen molar-refractivity contribution in [2.24, 2.45) is 0 Å². The van der Waals surface area contributed by atoms with E-state index in [4.69, 9.17) is 4.74 Å². The first kappa shape index (κ1) is 17.7. The van der Waals surface area contributed by atoms with Crippen LogP contribution in [0.1, 0.15) is 15.9 Å². The van der Waals surface area contributed by atoms with Crippen LogP contribution in [0.4, 0.5) is 22.0 Å². The minimum atomic E-state index is -2.31. The molecule has 0 spiro atoms. The maximum atomic E-state index is 13.5. The molecule has 0 fully saturated rings. The Labute approximate surface area is 134 Å². The molecule has 0 radical (unpaired) electrons. The zero-order valence-electron chi connectivity index (χ0n) is 12.4. The van der Waals surface area contributed by atoms with Gasteiger partial charge in [0.05, 0.1) is 7.11 Å². The van der Waals surface area contributed by atoms with E-state index < -0.39 is 40.6 Å². The van der Waals surface area contributed by atoms with Crippen LogP contribution in [0.5, 0.6) is 5.75 Å². The number of halogens is 5. The Morgan fingerprint density at radius 3 is 1.92 bits per heavy atom. The van der Waals surface area contributed by atoms with Crippen molar-refractivity contribution < 1.29 is 31.5 Å². The van der Waals surface area contributed by atoms with Gasteiger partial charge in [0.2, 0.25) is 5.82 Å². The summed E-state index contributed by atoms with van der Waals surface area (Å²) in [5, 5.41) is 2.13. The molecule has 8 heteroatoms. The number of hydrogen-bond donors (Lipinski definition) is 1. The Balaban J connectivity index is 2.07. The van der Waals surface area contributed by atoms with Crippen molar-refractivity contribution >= 4 is 5.91 Å². The molecular weight excluding hydrogens is 333 g/mol. The SMILES string of the molecule is COc1ccc(CCNC(=O)c2c(F)c(F)c(F)c(F)c2F)cc1. The van der Waals surface area contributed by atoms with E-state index in [2.05, 4.69) is 5.32 Å². The van der Waals surface area contributed by atoms with E-state index in [-0.39, 0.29) is 6.54 Å². The third kappa shape index (κ3) is 3.47. The normalized spacial score (nSPS) is 10.6. The zero-order valence-corrected chi connectivity index (χ0v) is 12.4. The highest BCUT2D eigenvalue weighted by molar-refractivity contribution is 5.94. The molecule has 0 aromatic heterocycles. The van der Waals surface area contributed by atoms with Gasteiger partial charge in [-0.25, -0.2) is 22.0 Å². The maximum Gasteiger partial charge on any atom is 0.257 e. The lowest BCUT2D eigenvalue weighted by Gasteiger charge is -2.09.